The molecule has 1 aliphatic rings. The predicted octanol–water partition coefficient (Wildman–Crippen LogP) is 1.61. The number of carboxylic acids is 1. The summed E-state index contributed by atoms with van der Waals surface area (Å²) in [5.74, 6) is -1.11. The van der Waals surface area contributed by atoms with Gasteiger partial charge in [-0.1, -0.05) is 11.6 Å². The van der Waals surface area contributed by atoms with Crippen molar-refractivity contribution in [1.29, 1.82) is 0 Å². The summed E-state index contributed by atoms with van der Waals surface area (Å²) in [6, 6.07) is 5.78. The van der Waals surface area contributed by atoms with Gasteiger partial charge >= 0.3 is 5.97 Å². The van der Waals surface area contributed by atoms with Gasteiger partial charge in [0, 0.05) is 43.2 Å². The first-order valence-electron chi connectivity index (χ1n) is 6.91. The highest BCUT2D eigenvalue weighted by atomic mass is 35.5. The topological polar surface area (TPSA) is 60.9 Å². The van der Waals surface area contributed by atoms with Gasteiger partial charge in [-0.2, -0.15) is 0 Å². The summed E-state index contributed by atoms with van der Waals surface area (Å²) in [5.41, 5.74) is 0.500. The first-order valence-corrected chi connectivity index (χ1v) is 7.29. The Balaban J connectivity index is 2.04. The van der Waals surface area contributed by atoms with Crippen molar-refractivity contribution in [3.8, 4) is 0 Å². The molecular formula is C15H19ClN2O3. The molecule has 1 saturated heterocycles. The monoisotopic (exact) mass is 310 g/mol. The maximum atomic E-state index is 12.2. The number of hydrogen-bond acceptors (Lipinski definition) is 4. The van der Waals surface area contributed by atoms with Crippen LogP contribution in [-0.4, -0.2) is 65.9 Å². The molecule has 5 nitrogen and oxygen atoms in total. The molecule has 0 radical (unpaired) electrons. The van der Waals surface area contributed by atoms with Crippen LogP contribution >= 0.6 is 11.6 Å². The minimum absolute atomic E-state index is 0.0132. The summed E-state index contributed by atoms with van der Waals surface area (Å²) >= 11 is 5.79. The van der Waals surface area contributed by atoms with E-state index in [1.54, 1.807) is 24.3 Å². The van der Waals surface area contributed by atoms with Crippen molar-refractivity contribution in [2.75, 3.05) is 33.2 Å². The Labute approximate surface area is 129 Å². The van der Waals surface area contributed by atoms with Gasteiger partial charge in [-0.3, -0.25) is 14.5 Å². The van der Waals surface area contributed by atoms with Crippen LogP contribution in [-0.2, 0) is 4.79 Å². The lowest BCUT2D eigenvalue weighted by atomic mass is 10.0. The third-order valence-electron chi connectivity index (χ3n) is 3.81. The van der Waals surface area contributed by atoms with Gasteiger partial charge in [0.25, 0.3) is 0 Å². The lowest BCUT2D eigenvalue weighted by molar-refractivity contribution is -0.143. The molecular weight excluding hydrogens is 292 g/mol. The van der Waals surface area contributed by atoms with Crippen LogP contribution in [0.4, 0.5) is 0 Å². The van der Waals surface area contributed by atoms with Crippen LogP contribution in [0, 0.1) is 0 Å². The zero-order chi connectivity index (χ0) is 15.4. The van der Waals surface area contributed by atoms with Crippen molar-refractivity contribution >= 4 is 23.4 Å². The molecule has 1 N–H and O–H groups in total. The van der Waals surface area contributed by atoms with E-state index in [0.717, 1.165) is 13.1 Å². The van der Waals surface area contributed by atoms with Crippen LogP contribution < -0.4 is 0 Å². The predicted molar refractivity (Wildman–Crippen MR) is 80.9 cm³/mol. The molecule has 0 bridgehead atoms. The fraction of sp³-hybridized carbons (Fsp3) is 0.467. The summed E-state index contributed by atoms with van der Waals surface area (Å²) in [7, 11) is 2.01. The first kappa shape index (κ1) is 15.9. The number of hydrogen-bond donors (Lipinski definition) is 1. The number of nitrogens with zero attached hydrogens (tertiary/aromatic N) is 2. The molecule has 0 amide bonds. The number of carboxylic acid groups (broad SMARTS) is 1. The Morgan fingerprint density at radius 2 is 1.76 bits per heavy atom. The molecule has 1 heterocycles. The van der Waals surface area contributed by atoms with E-state index in [-0.39, 0.29) is 12.2 Å². The van der Waals surface area contributed by atoms with E-state index in [2.05, 4.69) is 4.90 Å². The van der Waals surface area contributed by atoms with Crippen LogP contribution in [0.15, 0.2) is 24.3 Å². The van der Waals surface area contributed by atoms with Gasteiger partial charge in [0.2, 0.25) is 0 Å². The van der Waals surface area contributed by atoms with E-state index < -0.39 is 12.0 Å². The molecule has 6 heteroatoms. The maximum Gasteiger partial charge on any atom is 0.321 e. The molecule has 1 atom stereocenters. The summed E-state index contributed by atoms with van der Waals surface area (Å²) in [4.78, 5) is 27.7. The van der Waals surface area contributed by atoms with E-state index in [0.29, 0.717) is 23.7 Å². The fourth-order valence-electron chi connectivity index (χ4n) is 2.44. The van der Waals surface area contributed by atoms with Crippen molar-refractivity contribution in [2.45, 2.75) is 12.5 Å². The van der Waals surface area contributed by atoms with E-state index in [9.17, 15) is 14.7 Å². The second-order valence-corrected chi connectivity index (χ2v) is 5.76. The van der Waals surface area contributed by atoms with Crippen LogP contribution in [0.1, 0.15) is 16.8 Å². The van der Waals surface area contributed by atoms with Gasteiger partial charge in [0.05, 0.1) is 0 Å². The largest absolute Gasteiger partial charge is 0.480 e. The Morgan fingerprint density at radius 1 is 1.19 bits per heavy atom. The quantitative estimate of drug-likeness (QED) is 0.837. The normalized spacial score (nSPS) is 18.4. The van der Waals surface area contributed by atoms with Gasteiger partial charge < -0.3 is 10.0 Å². The number of likely N-dealkylation sites (N-methyl/N-ethyl adjacent to an activating group) is 1. The second-order valence-electron chi connectivity index (χ2n) is 5.33. The zero-order valence-electron chi connectivity index (χ0n) is 12.0. The highest BCUT2D eigenvalue weighted by Gasteiger charge is 2.30. The molecule has 0 aromatic heterocycles. The number of ketones is 1. The van der Waals surface area contributed by atoms with Crippen molar-refractivity contribution in [3.05, 3.63) is 34.9 Å². The molecule has 2 rings (SSSR count). The molecule has 1 fully saturated rings. The van der Waals surface area contributed by atoms with Crippen LogP contribution in [0.5, 0.6) is 0 Å². The smallest absolute Gasteiger partial charge is 0.321 e. The molecule has 0 saturated carbocycles. The van der Waals surface area contributed by atoms with Crippen molar-refractivity contribution in [3.63, 3.8) is 0 Å². The molecule has 0 spiro atoms. The Bertz CT molecular complexity index is 510. The van der Waals surface area contributed by atoms with Crippen molar-refractivity contribution in [2.24, 2.45) is 0 Å². The molecule has 1 aromatic rings. The summed E-state index contributed by atoms with van der Waals surface area (Å²) in [6.45, 7) is 2.97. The van der Waals surface area contributed by atoms with Gasteiger partial charge in [-0.05, 0) is 31.3 Å². The van der Waals surface area contributed by atoms with Gasteiger partial charge in [0.1, 0.15) is 6.04 Å². The average Bonchev–Trinajstić information content (AvgIpc) is 2.46. The summed E-state index contributed by atoms with van der Waals surface area (Å²) < 4.78 is 0. The maximum absolute atomic E-state index is 12.2. The molecule has 114 valence electrons. The summed E-state index contributed by atoms with van der Waals surface area (Å²) in [6.07, 6.45) is -0.0132. The van der Waals surface area contributed by atoms with E-state index in [1.807, 2.05) is 11.9 Å². The number of carbonyl (C=O) groups is 2. The van der Waals surface area contributed by atoms with Gasteiger partial charge in [-0.25, -0.2) is 0 Å². The highest BCUT2D eigenvalue weighted by Crippen LogP contribution is 2.15. The zero-order valence-corrected chi connectivity index (χ0v) is 12.7. The number of benzene rings is 1. The number of aliphatic carboxylic acids is 1. The lowest BCUT2D eigenvalue weighted by Gasteiger charge is -2.35. The second kappa shape index (κ2) is 7.02. The van der Waals surface area contributed by atoms with Crippen LogP contribution in [0.3, 0.4) is 0 Å². The molecule has 1 aliphatic heterocycles. The number of piperazine rings is 1. The van der Waals surface area contributed by atoms with Crippen LogP contribution in [0.25, 0.3) is 0 Å². The van der Waals surface area contributed by atoms with Crippen LogP contribution in [0.2, 0.25) is 5.02 Å². The van der Waals surface area contributed by atoms with E-state index in [1.165, 1.54) is 0 Å². The fourth-order valence-corrected chi connectivity index (χ4v) is 2.56. The van der Waals surface area contributed by atoms with Crippen molar-refractivity contribution in [1.82, 2.24) is 9.80 Å². The molecule has 1 aromatic carbocycles. The molecule has 21 heavy (non-hydrogen) atoms. The summed E-state index contributed by atoms with van der Waals surface area (Å²) in [5, 5.41) is 9.96. The number of rotatable bonds is 5. The standard InChI is InChI=1S/C15H19ClN2O3/c1-17-6-8-18(9-7-17)13(15(20)21)10-14(19)11-2-4-12(16)5-3-11/h2-5,13H,6-10H2,1H3,(H,20,21). The SMILES string of the molecule is CN1CCN(C(CC(=O)c2ccc(Cl)cc2)C(=O)O)CC1. The lowest BCUT2D eigenvalue weighted by Crippen LogP contribution is -2.52. The first-order chi connectivity index (χ1) is 9.97. The highest BCUT2D eigenvalue weighted by molar-refractivity contribution is 6.30. The third-order valence-corrected chi connectivity index (χ3v) is 4.06. The Kier molecular flexibility index (Phi) is 5.33. The number of carbonyl (C=O) groups excluding carboxylic acids is 1. The van der Waals surface area contributed by atoms with Gasteiger partial charge in [0.15, 0.2) is 5.78 Å². The number of Topliss-reactive ketones (excluding diaryl/α,β-unsaturated/α-hetero) is 1. The van der Waals surface area contributed by atoms with E-state index in [4.69, 9.17) is 11.6 Å². The third kappa shape index (κ3) is 4.27. The molecule has 1 unspecified atom stereocenters. The minimum atomic E-state index is -0.943. The van der Waals surface area contributed by atoms with E-state index >= 15 is 0 Å². The Hall–Kier alpha value is -1.43. The van der Waals surface area contributed by atoms with Crippen molar-refractivity contribution < 1.29 is 14.7 Å². The van der Waals surface area contributed by atoms with Gasteiger partial charge in [-0.15, -0.1) is 0 Å². The minimum Gasteiger partial charge on any atom is -0.480 e. The Morgan fingerprint density at radius 3 is 2.29 bits per heavy atom. The average molecular weight is 311 g/mol. The molecule has 0 aliphatic carbocycles. The number of halogens is 1.